The van der Waals surface area contributed by atoms with Crippen molar-refractivity contribution in [2.24, 2.45) is 5.92 Å². The van der Waals surface area contributed by atoms with E-state index in [4.69, 9.17) is 10.00 Å². The van der Waals surface area contributed by atoms with Crippen LogP contribution in [0.3, 0.4) is 0 Å². The van der Waals surface area contributed by atoms with Crippen LogP contribution in [-0.2, 0) is 4.74 Å². The van der Waals surface area contributed by atoms with Gasteiger partial charge in [-0.25, -0.2) is 0 Å². The maximum atomic E-state index is 8.19. The average molecular weight is 140 g/mol. The minimum atomic E-state index is 0.549. The number of nitrogens with zero attached hydrogens (tertiary/aromatic N) is 1. The number of hydrogen-bond donors (Lipinski definition) is 1. The van der Waals surface area contributed by atoms with Gasteiger partial charge >= 0.3 is 0 Å². The van der Waals surface area contributed by atoms with E-state index in [0.717, 1.165) is 26.2 Å². The van der Waals surface area contributed by atoms with E-state index in [1.54, 1.807) is 0 Å². The molecule has 1 aliphatic heterocycles. The molecule has 56 valence electrons. The molecule has 3 nitrogen and oxygen atoms in total. The first-order valence-corrected chi connectivity index (χ1v) is 3.63. The van der Waals surface area contributed by atoms with Gasteiger partial charge in [-0.1, -0.05) is 0 Å². The van der Waals surface area contributed by atoms with Gasteiger partial charge in [0.05, 0.1) is 6.61 Å². The summed E-state index contributed by atoms with van der Waals surface area (Å²) in [7, 11) is 0. The molecule has 0 spiro atoms. The molecule has 0 amide bonds. The van der Waals surface area contributed by atoms with Gasteiger partial charge in [-0.2, -0.15) is 5.26 Å². The van der Waals surface area contributed by atoms with Gasteiger partial charge in [0.15, 0.2) is 6.19 Å². The molecule has 0 aliphatic carbocycles. The Balaban J connectivity index is 2.09. The van der Waals surface area contributed by atoms with Gasteiger partial charge in [-0.15, -0.1) is 0 Å². The summed E-state index contributed by atoms with van der Waals surface area (Å²) in [6.45, 7) is 2.48. The van der Waals surface area contributed by atoms with Crippen LogP contribution >= 0.6 is 0 Å². The number of ether oxygens (including phenoxy) is 1. The molecule has 10 heavy (non-hydrogen) atoms. The molecule has 1 unspecified atom stereocenters. The molecular weight excluding hydrogens is 128 g/mol. The van der Waals surface area contributed by atoms with E-state index in [1.165, 1.54) is 6.42 Å². The molecule has 0 aromatic carbocycles. The van der Waals surface area contributed by atoms with Crippen molar-refractivity contribution in [1.82, 2.24) is 5.32 Å². The Morgan fingerprint density at radius 1 is 1.70 bits per heavy atom. The standard InChI is InChI=1S/C7H12N2O/c8-6-9-4-7-2-1-3-10-5-7/h7,9H,1-5H2. The number of rotatable bonds is 2. The number of nitriles is 1. The van der Waals surface area contributed by atoms with E-state index in [0.29, 0.717) is 5.92 Å². The molecule has 1 heterocycles. The third-order valence-electron chi connectivity index (χ3n) is 1.72. The van der Waals surface area contributed by atoms with Crippen LogP contribution in [0.1, 0.15) is 12.8 Å². The second-order valence-electron chi connectivity index (χ2n) is 2.58. The zero-order valence-corrected chi connectivity index (χ0v) is 5.97. The van der Waals surface area contributed by atoms with Gasteiger partial charge in [0, 0.05) is 19.1 Å². The van der Waals surface area contributed by atoms with E-state index in [-0.39, 0.29) is 0 Å². The van der Waals surface area contributed by atoms with Crippen LogP contribution in [0.15, 0.2) is 0 Å². The van der Waals surface area contributed by atoms with Gasteiger partial charge in [0.2, 0.25) is 0 Å². The third kappa shape index (κ3) is 2.24. The maximum absolute atomic E-state index is 8.19. The van der Waals surface area contributed by atoms with Crippen molar-refractivity contribution < 1.29 is 4.74 Å². The van der Waals surface area contributed by atoms with Gasteiger partial charge < -0.3 is 10.1 Å². The fourth-order valence-corrected chi connectivity index (χ4v) is 1.16. The summed E-state index contributed by atoms with van der Waals surface area (Å²) in [6.07, 6.45) is 4.24. The van der Waals surface area contributed by atoms with E-state index < -0.39 is 0 Å². The summed E-state index contributed by atoms with van der Waals surface area (Å²) < 4.78 is 5.23. The number of nitrogens with one attached hydrogen (secondary N) is 1. The largest absolute Gasteiger partial charge is 0.381 e. The Kier molecular flexibility index (Phi) is 3.04. The van der Waals surface area contributed by atoms with Gasteiger partial charge in [0.1, 0.15) is 0 Å². The van der Waals surface area contributed by atoms with Gasteiger partial charge in [0.25, 0.3) is 0 Å². The van der Waals surface area contributed by atoms with Crippen LogP contribution in [0.25, 0.3) is 0 Å². The lowest BCUT2D eigenvalue weighted by atomic mass is 10.0. The van der Waals surface area contributed by atoms with Crippen LogP contribution in [0.5, 0.6) is 0 Å². The van der Waals surface area contributed by atoms with Crippen LogP contribution in [0.4, 0.5) is 0 Å². The van der Waals surface area contributed by atoms with E-state index in [9.17, 15) is 0 Å². The maximum Gasteiger partial charge on any atom is 0.176 e. The zero-order valence-electron chi connectivity index (χ0n) is 5.97. The van der Waals surface area contributed by atoms with E-state index in [1.807, 2.05) is 6.19 Å². The van der Waals surface area contributed by atoms with Crippen molar-refractivity contribution >= 4 is 0 Å². The Morgan fingerprint density at radius 2 is 2.60 bits per heavy atom. The summed E-state index contributed by atoms with van der Waals surface area (Å²) in [4.78, 5) is 0. The SMILES string of the molecule is N#CNCC1CCCOC1. The first kappa shape index (κ1) is 7.36. The Morgan fingerprint density at radius 3 is 3.20 bits per heavy atom. The van der Waals surface area contributed by atoms with Crippen LogP contribution in [-0.4, -0.2) is 19.8 Å². The normalized spacial score (nSPS) is 25.3. The summed E-state index contributed by atoms with van der Waals surface area (Å²) in [6, 6.07) is 0. The average Bonchev–Trinajstić information content (AvgIpc) is 2.03. The molecule has 1 N–H and O–H groups in total. The molecule has 0 radical (unpaired) electrons. The monoisotopic (exact) mass is 140 g/mol. The van der Waals surface area contributed by atoms with Crippen LogP contribution < -0.4 is 5.32 Å². The van der Waals surface area contributed by atoms with Crippen LogP contribution in [0, 0.1) is 17.4 Å². The van der Waals surface area contributed by atoms with E-state index >= 15 is 0 Å². The summed E-state index contributed by atoms with van der Waals surface area (Å²) in [5, 5.41) is 10.8. The second kappa shape index (κ2) is 4.13. The third-order valence-corrected chi connectivity index (χ3v) is 1.72. The molecule has 0 saturated carbocycles. The quantitative estimate of drug-likeness (QED) is 0.448. The van der Waals surface area contributed by atoms with E-state index in [2.05, 4.69) is 5.32 Å². The highest BCUT2D eigenvalue weighted by Gasteiger charge is 2.12. The number of hydrogen-bond acceptors (Lipinski definition) is 3. The molecule has 0 bridgehead atoms. The lowest BCUT2D eigenvalue weighted by molar-refractivity contribution is 0.0562. The van der Waals surface area contributed by atoms with Crippen molar-refractivity contribution in [3.63, 3.8) is 0 Å². The minimum Gasteiger partial charge on any atom is -0.381 e. The second-order valence-corrected chi connectivity index (χ2v) is 2.58. The molecule has 0 aromatic rings. The Hall–Kier alpha value is -0.750. The highest BCUT2D eigenvalue weighted by molar-refractivity contribution is 4.71. The summed E-state index contributed by atoms with van der Waals surface area (Å²) in [5.41, 5.74) is 0. The van der Waals surface area contributed by atoms with Crippen molar-refractivity contribution in [3.05, 3.63) is 0 Å². The predicted octanol–water partition coefficient (Wildman–Crippen LogP) is 0.484. The first-order valence-electron chi connectivity index (χ1n) is 3.63. The molecule has 0 aromatic heterocycles. The molecule has 1 saturated heterocycles. The topological polar surface area (TPSA) is 45.0 Å². The molecule has 1 fully saturated rings. The highest BCUT2D eigenvalue weighted by Crippen LogP contribution is 2.11. The van der Waals surface area contributed by atoms with Gasteiger partial charge in [-0.05, 0) is 12.8 Å². The van der Waals surface area contributed by atoms with Gasteiger partial charge in [-0.3, -0.25) is 0 Å². The highest BCUT2D eigenvalue weighted by atomic mass is 16.5. The molecular formula is C7H12N2O. The van der Waals surface area contributed by atoms with Crippen molar-refractivity contribution in [2.45, 2.75) is 12.8 Å². The minimum absolute atomic E-state index is 0.549. The molecule has 1 rings (SSSR count). The molecule has 3 heteroatoms. The fraction of sp³-hybridized carbons (Fsp3) is 0.857. The van der Waals surface area contributed by atoms with Crippen LogP contribution in [0.2, 0.25) is 0 Å². The lowest BCUT2D eigenvalue weighted by Gasteiger charge is -2.20. The summed E-state index contributed by atoms with van der Waals surface area (Å²) in [5.74, 6) is 0.549. The lowest BCUT2D eigenvalue weighted by Crippen LogP contribution is -2.26. The molecule has 1 atom stereocenters. The predicted molar refractivity (Wildman–Crippen MR) is 37.2 cm³/mol. The molecule has 1 aliphatic rings. The Bertz CT molecular complexity index is 124. The first-order chi connectivity index (χ1) is 4.93. The fourth-order valence-electron chi connectivity index (χ4n) is 1.16. The van der Waals surface area contributed by atoms with Crippen molar-refractivity contribution in [3.8, 4) is 6.19 Å². The van der Waals surface area contributed by atoms with Crippen molar-refractivity contribution in [2.75, 3.05) is 19.8 Å². The van der Waals surface area contributed by atoms with Crippen molar-refractivity contribution in [1.29, 1.82) is 5.26 Å². The zero-order chi connectivity index (χ0) is 7.23. The Labute approximate surface area is 61.0 Å². The smallest absolute Gasteiger partial charge is 0.176 e. The summed E-state index contributed by atoms with van der Waals surface area (Å²) >= 11 is 0.